The molecule has 0 saturated carbocycles. The molecule has 2 fully saturated rings. The van der Waals surface area contributed by atoms with Gasteiger partial charge in [0.05, 0.1) is 23.0 Å². The van der Waals surface area contributed by atoms with E-state index >= 15 is 0 Å². The molecule has 9 heteroatoms. The summed E-state index contributed by atoms with van der Waals surface area (Å²) in [6, 6.07) is 14.9. The van der Waals surface area contributed by atoms with Gasteiger partial charge in [-0.15, -0.1) is 0 Å². The minimum absolute atomic E-state index is 0.197. The van der Waals surface area contributed by atoms with Crippen LogP contribution in [0.15, 0.2) is 54.7 Å². The lowest BCUT2D eigenvalue weighted by Crippen LogP contribution is -2.50. The van der Waals surface area contributed by atoms with Gasteiger partial charge in [0.15, 0.2) is 0 Å². The molecule has 2 aliphatic heterocycles. The minimum atomic E-state index is -3.29. The van der Waals surface area contributed by atoms with Crippen molar-refractivity contribution in [3.05, 3.63) is 71.7 Å². The first-order valence-corrected chi connectivity index (χ1v) is 13.8. The van der Waals surface area contributed by atoms with E-state index < -0.39 is 10.0 Å². The number of carbonyl (C=O) groups is 1. The summed E-state index contributed by atoms with van der Waals surface area (Å²) in [7, 11) is -3.29. The Balaban J connectivity index is 1.45. The summed E-state index contributed by atoms with van der Waals surface area (Å²) in [5.74, 6) is -0.122. The Bertz CT molecular complexity index is 1330. The summed E-state index contributed by atoms with van der Waals surface area (Å²) in [5.41, 5.74) is 3.12. The van der Waals surface area contributed by atoms with Crippen molar-refractivity contribution in [2.75, 3.05) is 50.4 Å². The van der Waals surface area contributed by atoms with Crippen LogP contribution in [0.3, 0.4) is 0 Å². The van der Waals surface area contributed by atoms with Crippen LogP contribution in [-0.2, 0) is 10.0 Å². The summed E-state index contributed by atoms with van der Waals surface area (Å²) < 4.78 is 39.4. The third-order valence-electron chi connectivity index (χ3n) is 7.11. The molecule has 35 heavy (non-hydrogen) atoms. The van der Waals surface area contributed by atoms with E-state index in [4.69, 9.17) is 0 Å². The van der Waals surface area contributed by atoms with Crippen molar-refractivity contribution in [3.63, 3.8) is 0 Å². The van der Waals surface area contributed by atoms with Crippen LogP contribution < -0.4 is 4.90 Å². The Morgan fingerprint density at radius 3 is 2.31 bits per heavy atom. The number of piperazine rings is 1. The number of amides is 1. The van der Waals surface area contributed by atoms with Gasteiger partial charge in [0.1, 0.15) is 5.82 Å². The fraction of sp³-hybridized carbons (Fsp3) is 0.385. The Morgan fingerprint density at radius 2 is 1.66 bits per heavy atom. The molecule has 0 bridgehead atoms. The van der Waals surface area contributed by atoms with Crippen LogP contribution in [0, 0.1) is 5.82 Å². The smallest absolute Gasteiger partial charge is 0.257 e. The number of aromatic nitrogens is 1. The maximum Gasteiger partial charge on any atom is 0.257 e. The van der Waals surface area contributed by atoms with Gasteiger partial charge >= 0.3 is 0 Å². The Hall–Kier alpha value is -3.04. The number of pyridine rings is 1. The highest BCUT2D eigenvalue weighted by Gasteiger charge is 2.31. The summed E-state index contributed by atoms with van der Waals surface area (Å²) in [5, 5.41) is 0.629. The number of hydrogen-bond donors (Lipinski definition) is 0. The van der Waals surface area contributed by atoms with E-state index in [0.29, 0.717) is 35.5 Å². The van der Waals surface area contributed by atoms with Gasteiger partial charge in [0.25, 0.3) is 5.91 Å². The molecule has 2 aromatic carbocycles. The molecule has 0 radical (unpaired) electrons. The average Bonchev–Trinajstić information content (AvgIpc) is 2.88. The van der Waals surface area contributed by atoms with Gasteiger partial charge in [-0.1, -0.05) is 30.3 Å². The van der Waals surface area contributed by atoms with Crippen molar-refractivity contribution >= 4 is 32.5 Å². The number of hydrogen-bond acceptors (Lipinski definition) is 5. The predicted molar refractivity (Wildman–Crippen MR) is 135 cm³/mol. The van der Waals surface area contributed by atoms with E-state index in [1.807, 2.05) is 6.07 Å². The monoisotopic (exact) mass is 496 g/mol. The molecule has 0 atom stereocenters. The van der Waals surface area contributed by atoms with Gasteiger partial charge in [0.2, 0.25) is 10.0 Å². The summed E-state index contributed by atoms with van der Waals surface area (Å²) in [6.45, 7) is 2.63. The Kier molecular flexibility index (Phi) is 6.46. The van der Waals surface area contributed by atoms with Gasteiger partial charge in [-0.25, -0.2) is 12.8 Å². The van der Waals surface area contributed by atoms with Crippen molar-refractivity contribution in [1.82, 2.24) is 14.2 Å². The summed E-state index contributed by atoms with van der Waals surface area (Å²) in [4.78, 5) is 21.9. The van der Waals surface area contributed by atoms with Gasteiger partial charge in [-0.05, 0) is 42.5 Å². The van der Waals surface area contributed by atoms with Crippen LogP contribution in [0.5, 0.6) is 0 Å². The molecule has 7 nitrogen and oxygen atoms in total. The molecule has 0 N–H and O–H groups in total. The summed E-state index contributed by atoms with van der Waals surface area (Å²) in [6.07, 6.45) is 4.64. The van der Waals surface area contributed by atoms with Crippen molar-refractivity contribution in [1.29, 1.82) is 0 Å². The second-order valence-corrected chi connectivity index (χ2v) is 11.3. The maximum atomic E-state index is 14.3. The SMILES string of the molecule is CS(=O)(=O)N1CCN(C(=O)c2cnc3ccc(F)cc3c2N2CCC(c3ccccc3)CC2)CC1. The number of fused-ring (bicyclic) bond motifs is 1. The van der Waals surface area contributed by atoms with Gasteiger partial charge in [-0.2, -0.15) is 4.31 Å². The number of anilines is 1. The molecule has 2 saturated heterocycles. The molecular weight excluding hydrogens is 467 g/mol. The minimum Gasteiger partial charge on any atom is -0.370 e. The molecular formula is C26H29FN4O3S. The number of nitrogens with zero attached hydrogens (tertiary/aromatic N) is 4. The highest BCUT2D eigenvalue weighted by atomic mass is 32.2. The first-order valence-electron chi connectivity index (χ1n) is 11.9. The highest BCUT2D eigenvalue weighted by Crippen LogP contribution is 2.36. The van der Waals surface area contributed by atoms with Crippen molar-refractivity contribution in [2.24, 2.45) is 0 Å². The van der Waals surface area contributed by atoms with E-state index in [0.717, 1.165) is 31.6 Å². The number of piperidine rings is 1. The summed E-state index contributed by atoms with van der Waals surface area (Å²) >= 11 is 0. The number of benzene rings is 2. The van der Waals surface area contributed by atoms with E-state index in [9.17, 15) is 17.6 Å². The molecule has 184 valence electrons. The molecule has 2 aliphatic rings. The van der Waals surface area contributed by atoms with E-state index in [1.165, 1.54) is 28.3 Å². The van der Waals surface area contributed by atoms with Crippen LogP contribution in [0.2, 0.25) is 0 Å². The Morgan fingerprint density at radius 1 is 0.971 bits per heavy atom. The molecule has 1 amide bonds. The number of carbonyl (C=O) groups excluding carboxylic acids is 1. The van der Waals surface area contributed by atoms with Crippen molar-refractivity contribution in [3.8, 4) is 0 Å². The lowest BCUT2D eigenvalue weighted by Gasteiger charge is -2.37. The molecule has 3 aromatic rings. The standard InChI is InChI=1S/C26H29FN4O3S/c1-35(33,34)31-15-13-30(14-16-31)26(32)23-18-28-24-8-7-21(27)17-22(24)25(23)29-11-9-20(10-12-29)19-5-3-2-4-6-19/h2-8,17-18,20H,9-16H2,1H3. The topological polar surface area (TPSA) is 73.8 Å². The molecule has 5 rings (SSSR count). The third-order valence-corrected chi connectivity index (χ3v) is 8.41. The van der Waals surface area contributed by atoms with Gasteiger partial charge in [-0.3, -0.25) is 9.78 Å². The largest absolute Gasteiger partial charge is 0.370 e. The second kappa shape index (κ2) is 9.54. The molecule has 0 aliphatic carbocycles. The quantitative estimate of drug-likeness (QED) is 0.553. The first kappa shape index (κ1) is 23.7. The van der Waals surface area contributed by atoms with E-state index in [1.54, 1.807) is 17.2 Å². The van der Waals surface area contributed by atoms with Crippen LogP contribution in [-0.4, -0.2) is 74.0 Å². The number of rotatable bonds is 4. The van der Waals surface area contributed by atoms with Gasteiger partial charge in [0, 0.05) is 50.9 Å². The van der Waals surface area contributed by atoms with Crippen molar-refractivity contribution in [2.45, 2.75) is 18.8 Å². The fourth-order valence-electron chi connectivity index (χ4n) is 5.20. The Labute approximate surface area is 205 Å². The van der Waals surface area contributed by atoms with Gasteiger partial charge < -0.3 is 9.80 Å². The molecule has 0 unspecified atom stereocenters. The zero-order valence-corrected chi connectivity index (χ0v) is 20.5. The normalized spacial score (nSPS) is 18.2. The molecule has 3 heterocycles. The molecule has 0 spiro atoms. The lowest BCUT2D eigenvalue weighted by atomic mass is 9.89. The number of sulfonamides is 1. The van der Waals surface area contributed by atoms with E-state index in [-0.39, 0.29) is 24.8 Å². The zero-order chi connectivity index (χ0) is 24.6. The maximum absolute atomic E-state index is 14.3. The van der Waals surface area contributed by atoms with E-state index in [2.05, 4.69) is 34.1 Å². The van der Waals surface area contributed by atoms with Crippen molar-refractivity contribution < 1.29 is 17.6 Å². The highest BCUT2D eigenvalue weighted by molar-refractivity contribution is 7.88. The number of halogens is 1. The van der Waals surface area contributed by atoms with Crippen LogP contribution in [0.25, 0.3) is 10.9 Å². The lowest BCUT2D eigenvalue weighted by molar-refractivity contribution is 0.0698. The average molecular weight is 497 g/mol. The zero-order valence-electron chi connectivity index (χ0n) is 19.7. The van der Waals surface area contributed by atoms with Crippen LogP contribution in [0.1, 0.15) is 34.7 Å². The fourth-order valence-corrected chi connectivity index (χ4v) is 6.03. The second-order valence-electron chi connectivity index (χ2n) is 9.31. The van der Waals surface area contributed by atoms with Crippen LogP contribution in [0.4, 0.5) is 10.1 Å². The van der Waals surface area contributed by atoms with Crippen LogP contribution >= 0.6 is 0 Å². The third kappa shape index (κ3) is 4.88. The predicted octanol–water partition coefficient (Wildman–Crippen LogP) is 3.48. The first-order chi connectivity index (χ1) is 16.8. The molecule has 1 aromatic heterocycles.